The predicted molar refractivity (Wildman–Crippen MR) is 139 cm³/mol. The van der Waals surface area contributed by atoms with Crippen LogP contribution in [-0.4, -0.2) is 47.5 Å². The number of nitrogens with zero attached hydrogens (tertiary/aromatic N) is 1. The first kappa shape index (κ1) is 28.0. The molecule has 3 rings (SSSR count). The highest BCUT2D eigenvalue weighted by atomic mass is 79.9. The summed E-state index contributed by atoms with van der Waals surface area (Å²) in [5.41, 5.74) is -1.41. The summed E-state index contributed by atoms with van der Waals surface area (Å²) in [6, 6.07) is 7.27. The molecule has 0 aliphatic carbocycles. The van der Waals surface area contributed by atoms with Crippen LogP contribution in [0.15, 0.2) is 34.1 Å². The molecule has 4 N–H and O–H groups in total. The number of carbonyl (C=O) groups excluding carboxylic acids is 1. The molecule has 2 aromatic rings. The van der Waals surface area contributed by atoms with E-state index in [-0.39, 0.29) is 34.9 Å². The van der Waals surface area contributed by atoms with Crippen molar-refractivity contribution in [2.45, 2.75) is 63.1 Å². The number of hydrogen-bond acceptors (Lipinski definition) is 6. The summed E-state index contributed by atoms with van der Waals surface area (Å²) < 4.78 is 16.3. The van der Waals surface area contributed by atoms with Gasteiger partial charge in [-0.05, 0) is 52.4 Å². The van der Waals surface area contributed by atoms with Crippen LogP contribution >= 0.6 is 38.9 Å². The number of aliphatic hydroxyl groups excluding tert-OH is 2. The molecule has 0 bridgehead atoms. The summed E-state index contributed by atoms with van der Waals surface area (Å²) >= 11 is 10.9. The second kappa shape index (κ2) is 11.2. The number of benzene rings is 1. The first-order valence-corrected chi connectivity index (χ1v) is 13.4. The Morgan fingerprint density at radius 2 is 2.14 bits per heavy atom. The van der Waals surface area contributed by atoms with E-state index in [0.717, 1.165) is 9.35 Å². The largest absolute Gasteiger partial charge is 0.394 e. The van der Waals surface area contributed by atoms with Gasteiger partial charge in [-0.15, -0.1) is 11.3 Å². The summed E-state index contributed by atoms with van der Waals surface area (Å²) in [6.45, 7) is 5.86. The molecule has 1 aromatic heterocycles. The maximum atomic E-state index is 15.5. The van der Waals surface area contributed by atoms with Crippen molar-refractivity contribution >= 4 is 44.8 Å². The Morgan fingerprint density at radius 3 is 2.69 bits per heavy atom. The molecule has 1 saturated heterocycles. The zero-order chi connectivity index (χ0) is 26.0. The van der Waals surface area contributed by atoms with E-state index < -0.39 is 41.9 Å². The summed E-state index contributed by atoms with van der Waals surface area (Å²) in [4.78, 5) is 14.2. The molecule has 10 heteroatoms. The Labute approximate surface area is 222 Å². The highest BCUT2D eigenvalue weighted by Crippen LogP contribution is 2.53. The smallest absolute Gasteiger partial charge is 0.237 e. The topological polar surface area (TPSA) is 105 Å². The van der Waals surface area contributed by atoms with Crippen molar-refractivity contribution < 1.29 is 19.4 Å². The van der Waals surface area contributed by atoms with Crippen LogP contribution in [0.3, 0.4) is 0 Å². The third-order valence-corrected chi connectivity index (χ3v) is 8.31. The van der Waals surface area contributed by atoms with Crippen LogP contribution in [0.2, 0.25) is 5.02 Å². The number of amides is 1. The Kier molecular flexibility index (Phi) is 9.01. The van der Waals surface area contributed by atoms with Gasteiger partial charge in [0.1, 0.15) is 11.2 Å². The van der Waals surface area contributed by atoms with Crippen molar-refractivity contribution in [2.75, 3.05) is 13.2 Å². The van der Waals surface area contributed by atoms with E-state index in [1.165, 1.54) is 17.4 Å². The van der Waals surface area contributed by atoms with Gasteiger partial charge in [-0.1, -0.05) is 38.4 Å². The molecular formula is C25H30BrClFN3O3S. The fraction of sp³-hybridized carbons (Fsp3) is 0.520. The number of nitriles is 1. The van der Waals surface area contributed by atoms with Gasteiger partial charge in [0.2, 0.25) is 5.91 Å². The monoisotopic (exact) mass is 585 g/mol. The number of halogens is 3. The summed E-state index contributed by atoms with van der Waals surface area (Å²) in [5.74, 6) is -1.63. The molecule has 35 heavy (non-hydrogen) atoms. The molecule has 5 atom stereocenters. The SMILES string of the molecule is CC(C)(C)C[C@@H]1N[C@@H](C(=O)NCC[C@H](O)CO)[C@H](c2cc(Br)cs2)[C@@]1(C#N)c1ccc(Cl)cc1F. The lowest BCUT2D eigenvalue weighted by molar-refractivity contribution is -0.123. The first-order chi connectivity index (χ1) is 16.4. The van der Waals surface area contributed by atoms with Gasteiger partial charge in [-0.3, -0.25) is 4.79 Å². The van der Waals surface area contributed by atoms with Crippen LogP contribution in [-0.2, 0) is 10.2 Å². The molecule has 6 nitrogen and oxygen atoms in total. The van der Waals surface area contributed by atoms with Crippen LogP contribution in [0, 0.1) is 22.6 Å². The van der Waals surface area contributed by atoms with E-state index in [1.807, 2.05) is 32.2 Å². The van der Waals surface area contributed by atoms with Gasteiger partial charge in [0.15, 0.2) is 0 Å². The van der Waals surface area contributed by atoms with Gasteiger partial charge < -0.3 is 20.8 Å². The minimum atomic E-state index is -1.39. The van der Waals surface area contributed by atoms with E-state index in [2.05, 4.69) is 32.6 Å². The van der Waals surface area contributed by atoms with Crippen molar-refractivity contribution in [2.24, 2.45) is 5.41 Å². The minimum Gasteiger partial charge on any atom is -0.394 e. The van der Waals surface area contributed by atoms with E-state index in [0.29, 0.717) is 6.42 Å². The molecule has 0 unspecified atom stereocenters. The maximum absolute atomic E-state index is 15.5. The van der Waals surface area contributed by atoms with Crippen LogP contribution in [0.1, 0.15) is 50.0 Å². The van der Waals surface area contributed by atoms with Gasteiger partial charge in [0.05, 0.1) is 24.8 Å². The number of carbonyl (C=O) groups is 1. The van der Waals surface area contributed by atoms with Gasteiger partial charge in [0, 0.05) is 43.8 Å². The number of nitrogens with one attached hydrogen (secondary N) is 2. The Morgan fingerprint density at radius 1 is 1.43 bits per heavy atom. The molecule has 2 heterocycles. The molecule has 1 aliphatic heterocycles. The van der Waals surface area contributed by atoms with Gasteiger partial charge in [-0.2, -0.15) is 5.26 Å². The van der Waals surface area contributed by atoms with E-state index in [4.69, 9.17) is 16.7 Å². The average molecular weight is 587 g/mol. The second-order valence-electron chi connectivity index (χ2n) is 10.1. The van der Waals surface area contributed by atoms with Crippen LogP contribution in [0.25, 0.3) is 0 Å². The highest BCUT2D eigenvalue weighted by molar-refractivity contribution is 9.10. The van der Waals surface area contributed by atoms with Gasteiger partial charge in [-0.25, -0.2) is 4.39 Å². The fourth-order valence-corrected chi connectivity index (χ4v) is 6.63. The molecule has 1 aliphatic rings. The molecule has 0 saturated carbocycles. The quantitative estimate of drug-likeness (QED) is 0.365. The molecule has 0 spiro atoms. The lowest BCUT2D eigenvalue weighted by Gasteiger charge is -2.37. The summed E-state index contributed by atoms with van der Waals surface area (Å²) in [5, 5.41) is 37.8. The van der Waals surface area contributed by atoms with Crippen molar-refractivity contribution in [3.63, 3.8) is 0 Å². The van der Waals surface area contributed by atoms with Crippen LogP contribution in [0.4, 0.5) is 4.39 Å². The van der Waals surface area contributed by atoms with Crippen molar-refractivity contribution in [1.82, 2.24) is 10.6 Å². The molecule has 1 aromatic carbocycles. The lowest BCUT2D eigenvalue weighted by atomic mass is 9.64. The third kappa shape index (κ3) is 6.07. The fourth-order valence-electron chi connectivity index (χ4n) is 4.81. The maximum Gasteiger partial charge on any atom is 0.237 e. The number of thiophene rings is 1. The normalized spacial score (nSPS) is 25.3. The zero-order valence-corrected chi connectivity index (χ0v) is 23.0. The Balaban J connectivity index is 2.15. The molecule has 1 fully saturated rings. The van der Waals surface area contributed by atoms with E-state index >= 15 is 4.39 Å². The zero-order valence-electron chi connectivity index (χ0n) is 19.8. The second-order valence-corrected chi connectivity index (χ2v) is 12.4. The highest BCUT2D eigenvalue weighted by Gasteiger charge is 2.60. The molecule has 1 amide bonds. The van der Waals surface area contributed by atoms with E-state index in [1.54, 1.807) is 12.1 Å². The van der Waals surface area contributed by atoms with Gasteiger partial charge >= 0.3 is 0 Å². The van der Waals surface area contributed by atoms with Crippen LogP contribution < -0.4 is 10.6 Å². The Bertz CT molecular complexity index is 1100. The predicted octanol–water partition coefficient (Wildman–Crippen LogP) is 4.48. The molecule has 0 radical (unpaired) electrons. The summed E-state index contributed by atoms with van der Waals surface area (Å²) in [6.07, 6.45) is -0.241. The molecule has 190 valence electrons. The van der Waals surface area contributed by atoms with Crippen molar-refractivity contribution in [3.8, 4) is 6.07 Å². The van der Waals surface area contributed by atoms with Crippen molar-refractivity contribution in [3.05, 3.63) is 55.4 Å². The third-order valence-electron chi connectivity index (χ3n) is 6.30. The van der Waals surface area contributed by atoms with Crippen LogP contribution in [0.5, 0.6) is 0 Å². The number of rotatable bonds is 8. The first-order valence-electron chi connectivity index (χ1n) is 11.4. The lowest BCUT2D eigenvalue weighted by Crippen LogP contribution is -2.46. The number of aliphatic hydroxyl groups is 2. The van der Waals surface area contributed by atoms with Gasteiger partial charge in [0.25, 0.3) is 0 Å². The number of hydrogen-bond donors (Lipinski definition) is 4. The van der Waals surface area contributed by atoms with E-state index in [9.17, 15) is 15.2 Å². The van der Waals surface area contributed by atoms with Crippen molar-refractivity contribution in [1.29, 1.82) is 5.26 Å². The minimum absolute atomic E-state index is 0.151. The Hall–Kier alpha value is -1.54. The summed E-state index contributed by atoms with van der Waals surface area (Å²) in [7, 11) is 0. The molecular weight excluding hydrogens is 557 g/mol. The standard InChI is InChI=1S/C25H30BrClFN3O3S/c1-24(2,3)10-20-25(13-29,17-5-4-15(27)9-18(17)28)21(19-8-14(26)12-35-19)22(31-20)23(34)30-7-6-16(33)11-32/h4-5,8-9,12,16,20-22,31-33H,6-7,10-11H2,1-3H3,(H,30,34)/t16-,20-,21-,22+,25-/m0/s1. The average Bonchev–Trinajstić information content (AvgIpc) is 3.33.